The van der Waals surface area contributed by atoms with Crippen LogP contribution < -0.4 is 0 Å². The molecule has 2 rings (SSSR count). The number of benzene rings is 1. The maximum absolute atomic E-state index is 13.3. The van der Waals surface area contributed by atoms with Crippen molar-refractivity contribution in [1.29, 1.82) is 0 Å². The number of alkyl halides is 2. The zero-order valence-corrected chi connectivity index (χ0v) is 9.80. The first-order chi connectivity index (χ1) is 8.34. The number of hydrogen-bond donors (Lipinski definition) is 0. The van der Waals surface area contributed by atoms with Crippen molar-refractivity contribution in [2.45, 2.75) is 11.3 Å². The van der Waals surface area contributed by atoms with Gasteiger partial charge in [0.25, 0.3) is 0 Å². The Labute approximate surface area is 101 Å². The fourth-order valence-corrected chi connectivity index (χ4v) is 3.35. The van der Waals surface area contributed by atoms with Crippen molar-refractivity contribution in [2.75, 3.05) is 13.1 Å². The molecule has 18 heavy (non-hydrogen) atoms. The van der Waals surface area contributed by atoms with E-state index < -0.39 is 52.0 Å². The van der Waals surface area contributed by atoms with Crippen molar-refractivity contribution in [2.24, 2.45) is 5.92 Å². The van der Waals surface area contributed by atoms with Gasteiger partial charge in [-0.15, -0.1) is 0 Å². The summed E-state index contributed by atoms with van der Waals surface area (Å²) < 4.78 is 75.4. The largest absolute Gasteiger partial charge is 0.248 e. The molecule has 0 radical (unpaired) electrons. The first kappa shape index (κ1) is 13.3. The molecule has 0 saturated carbocycles. The van der Waals surface area contributed by atoms with Crippen LogP contribution in [0, 0.1) is 17.6 Å². The molecule has 0 atom stereocenters. The highest BCUT2D eigenvalue weighted by Gasteiger charge is 2.43. The third kappa shape index (κ3) is 2.10. The Balaban J connectivity index is 2.29. The van der Waals surface area contributed by atoms with Crippen LogP contribution in [0.3, 0.4) is 0 Å². The topological polar surface area (TPSA) is 37.4 Å². The minimum absolute atomic E-state index is 0.423. The fraction of sp³-hybridized carbons (Fsp3) is 0.400. The predicted molar refractivity (Wildman–Crippen MR) is 54.6 cm³/mol. The van der Waals surface area contributed by atoms with E-state index in [0.717, 1.165) is 18.2 Å². The third-order valence-corrected chi connectivity index (χ3v) is 4.63. The molecule has 8 heteroatoms. The van der Waals surface area contributed by atoms with Gasteiger partial charge in [-0.1, -0.05) is 6.07 Å². The van der Waals surface area contributed by atoms with Crippen molar-refractivity contribution in [3.05, 3.63) is 29.8 Å². The van der Waals surface area contributed by atoms with Gasteiger partial charge in [0.1, 0.15) is 11.6 Å². The van der Waals surface area contributed by atoms with Crippen molar-refractivity contribution in [3.8, 4) is 0 Å². The molecule has 1 aromatic carbocycles. The summed E-state index contributed by atoms with van der Waals surface area (Å²) in [7, 11) is -4.38. The van der Waals surface area contributed by atoms with Gasteiger partial charge in [-0.05, 0) is 12.1 Å². The normalized spacial score (nSPS) is 18.1. The molecule has 1 aliphatic heterocycles. The SMILES string of the molecule is O=S(=O)(c1c(F)cccc1F)N1CC(C(F)F)C1. The summed E-state index contributed by atoms with van der Waals surface area (Å²) >= 11 is 0. The lowest BCUT2D eigenvalue weighted by Gasteiger charge is -2.37. The van der Waals surface area contributed by atoms with Crippen LogP contribution >= 0.6 is 0 Å². The monoisotopic (exact) mass is 283 g/mol. The van der Waals surface area contributed by atoms with E-state index in [1.807, 2.05) is 0 Å². The molecule has 1 aliphatic rings. The Morgan fingerprint density at radius 1 is 1.17 bits per heavy atom. The molecule has 0 N–H and O–H groups in total. The maximum atomic E-state index is 13.3. The standard InChI is InChI=1S/C10H9F4NO2S/c11-7-2-1-3-8(12)9(7)18(16,17)15-4-6(5-15)10(13)14/h1-3,6,10H,4-5H2. The highest BCUT2D eigenvalue weighted by atomic mass is 32.2. The Bertz CT molecular complexity index is 535. The van der Waals surface area contributed by atoms with Gasteiger partial charge in [0.15, 0.2) is 4.90 Å². The van der Waals surface area contributed by atoms with Gasteiger partial charge < -0.3 is 0 Å². The summed E-state index contributed by atoms with van der Waals surface area (Å²) in [5, 5.41) is 0. The van der Waals surface area contributed by atoms with Gasteiger partial charge in [-0.3, -0.25) is 0 Å². The molecule has 1 aromatic rings. The molecule has 3 nitrogen and oxygen atoms in total. The summed E-state index contributed by atoms with van der Waals surface area (Å²) in [5.41, 5.74) is 0. The molecule has 0 bridgehead atoms. The van der Waals surface area contributed by atoms with Gasteiger partial charge in [0.05, 0.1) is 0 Å². The Morgan fingerprint density at radius 3 is 2.11 bits per heavy atom. The van der Waals surface area contributed by atoms with E-state index in [-0.39, 0.29) is 0 Å². The first-order valence-corrected chi connectivity index (χ1v) is 6.50. The summed E-state index contributed by atoms with van der Waals surface area (Å²) in [5.74, 6) is -3.53. The fourth-order valence-electron chi connectivity index (χ4n) is 1.68. The number of sulfonamides is 1. The average molecular weight is 283 g/mol. The lowest BCUT2D eigenvalue weighted by atomic mass is 10.1. The number of rotatable bonds is 3. The minimum Gasteiger partial charge on any atom is -0.210 e. The van der Waals surface area contributed by atoms with Crippen LogP contribution in [-0.4, -0.2) is 32.2 Å². The van der Waals surface area contributed by atoms with E-state index in [9.17, 15) is 26.0 Å². The second kappa shape index (κ2) is 4.51. The molecule has 0 aliphatic carbocycles. The Kier molecular flexibility index (Phi) is 3.33. The van der Waals surface area contributed by atoms with Crippen molar-refractivity contribution >= 4 is 10.0 Å². The molecule has 0 aromatic heterocycles. The Hall–Kier alpha value is -1.15. The minimum atomic E-state index is -4.38. The summed E-state index contributed by atoms with van der Waals surface area (Å²) in [6.07, 6.45) is -2.64. The number of hydrogen-bond acceptors (Lipinski definition) is 2. The molecule has 0 amide bonds. The summed E-state index contributed by atoms with van der Waals surface area (Å²) in [6, 6.07) is 2.64. The molecule has 0 unspecified atom stereocenters. The van der Waals surface area contributed by atoms with E-state index in [4.69, 9.17) is 0 Å². The highest BCUT2D eigenvalue weighted by Crippen LogP contribution is 2.30. The molecule has 100 valence electrons. The van der Waals surface area contributed by atoms with E-state index in [0.29, 0.717) is 4.31 Å². The second-order valence-electron chi connectivity index (χ2n) is 3.97. The van der Waals surface area contributed by atoms with E-state index in [1.165, 1.54) is 0 Å². The molecular weight excluding hydrogens is 274 g/mol. The van der Waals surface area contributed by atoms with Crippen LogP contribution in [0.1, 0.15) is 0 Å². The van der Waals surface area contributed by atoms with Crippen LogP contribution in [0.15, 0.2) is 23.1 Å². The van der Waals surface area contributed by atoms with E-state index in [2.05, 4.69) is 0 Å². The smallest absolute Gasteiger partial charge is 0.210 e. The van der Waals surface area contributed by atoms with Crippen LogP contribution in [0.4, 0.5) is 17.6 Å². The number of halogens is 4. The van der Waals surface area contributed by atoms with Crippen molar-refractivity contribution < 1.29 is 26.0 Å². The highest BCUT2D eigenvalue weighted by molar-refractivity contribution is 7.89. The summed E-state index contributed by atoms with van der Waals surface area (Å²) in [6.45, 7) is -0.846. The molecule has 1 heterocycles. The zero-order chi connectivity index (χ0) is 13.5. The van der Waals surface area contributed by atoms with Gasteiger partial charge in [0, 0.05) is 19.0 Å². The molecule has 0 spiro atoms. The van der Waals surface area contributed by atoms with E-state index in [1.54, 1.807) is 0 Å². The van der Waals surface area contributed by atoms with Crippen molar-refractivity contribution in [1.82, 2.24) is 4.31 Å². The Morgan fingerprint density at radius 2 is 1.67 bits per heavy atom. The quantitative estimate of drug-likeness (QED) is 0.794. The van der Waals surface area contributed by atoms with Crippen molar-refractivity contribution in [3.63, 3.8) is 0 Å². The predicted octanol–water partition coefficient (Wildman–Crippen LogP) is 1.85. The van der Waals surface area contributed by atoms with Crippen LogP contribution in [-0.2, 0) is 10.0 Å². The maximum Gasteiger partial charge on any atom is 0.248 e. The molecule has 1 saturated heterocycles. The molecular formula is C10H9F4NO2S. The summed E-state index contributed by atoms with van der Waals surface area (Å²) in [4.78, 5) is -1.09. The molecule has 1 fully saturated rings. The number of nitrogens with zero attached hydrogens (tertiary/aromatic N) is 1. The van der Waals surface area contributed by atoms with E-state index >= 15 is 0 Å². The lowest BCUT2D eigenvalue weighted by molar-refractivity contribution is 0.0122. The van der Waals surface area contributed by atoms with Gasteiger partial charge in [-0.2, -0.15) is 4.31 Å². The van der Waals surface area contributed by atoms with Gasteiger partial charge in [-0.25, -0.2) is 26.0 Å². The van der Waals surface area contributed by atoms with Crippen LogP contribution in [0.25, 0.3) is 0 Å². The average Bonchev–Trinajstić information content (AvgIpc) is 2.12. The zero-order valence-electron chi connectivity index (χ0n) is 8.98. The van der Waals surface area contributed by atoms with Crippen LogP contribution in [0.5, 0.6) is 0 Å². The van der Waals surface area contributed by atoms with Gasteiger partial charge >= 0.3 is 0 Å². The second-order valence-corrected chi connectivity index (χ2v) is 5.84. The van der Waals surface area contributed by atoms with Crippen LogP contribution in [0.2, 0.25) is 0 Å². The first-order valence-electron chi connectivity index (χ1n) is 5.06. The third-order valence-electron chi connectivity index (χ3n) is 2.75. The lowest BCUT2D eigenvalue weighted by Crippen LogP contribution is -2.52. The van der Waals surface area contributed by atoms with Gasteiger partial charge in [0.2, 0.25) is 16.4 Å².